The highest BCUT2D eigenvalue weighted by molar-refractivity contribution is 5.74. The van der Waals surface area contributed by atoms with Crippen LogP contribution in [0.1, 0.15) is 18.4 Å². The van der Waals surface area contributed by atoms with Crippen molar-refractivity contribution >= 4 is 6.03 Å². The molecule has 0 saturated carbocycles. The van der Waals surface area contributed by atoms with Crippen molar-refractivity contribution in [3.05, 3.63) is 71.6 Å². The maximum Gasteiger partial charge on any atom is 0.318 e. The molecule has 0 aliphatic heterocycles. The Morgan fingerprint density at radius 3 is 2.70 bits per heavy atom. The molecule has 140 valence electrons. The molecule has 2 amide bonds. The fourth-order valence-corrected chi connectivity index (χ4v) is 2.50. The molecule has 0 bridgehead atoms. The molecule has 0 atom stereocenters. The summed E-state index contributed by atoms with van der Waals surface area (Å²) in [5.74, 6) is -1.25. The number of rotatable bonds is 6. The summed E-state index contributed by atoms with van der Waals surface area (Å²) in [4.78, 5) is 18.0. The quantitative estimate of drug-likeness (QED) is 0.715. The average Bonchev–Trinajstić information content (AvgIpc) is 3.15. The Bertz CT molecular complexity index is 915. The van der Waals surface area contributed by atoms with E-state index in [2.05, 4.69) is 15.5 Å². The van der Waals surface area contributed by atoms with Crippen molar-refractivity contribution in [1.29, 1.82) is 0 Å². The van der Waals surface area contributed by atoms with Gasteiger partial charge in [-0.3, -0.25) is 0 Å². The van der Waals surface area contributed by atoms with E-state index in [-0.39, 0.29) is 29.9 Å². The van der Waals surface area contributed by atoms with Crippen LogP contribution >= 0.6 is 0 Å². The molecule has 27 heavy (non-hydrogen) atoms. The van der Waals surface area contributed by atoms with Gasteiger partial charge in [0.1, 0.15) is 11.6 Å². The van der Waals surface area contributed by atoms with Crippen molar-refractivity contribution in [2.75, 3.05) is 6.54 Å². The molecule has 2 aromatic carbocycles. The minimum Gasteiger partial charge on any atom is -0.337 e. The Hall–Kier alpha value is -3.29. The van der Waals surface area contributed by atoms with Crippen LogP contribution in [-0.4, -0.2) is 27.6 Å². The van der Waals surface area contributed by atoms with Crippen LogP contribution in [0, 0.1) is 11.6 Å². The number of halogens is 2. The van der Waals surface area contributed by atoms with E-state index in [1.165, 1.54) is 0 Å². The lowest BCUT2D eigenvalue weighted by molar-refractivity contribution is 0.196. The van der Waals surface area contributed by atoms with Gasteiger partial charge in [0.15, 0.2) is 0 Å². The topological polar surface area (TPSA) is 71.3 Å². The second kappa shape index (κ2) is 8.39. The van der Waals surface area contributed by atoms with Crippen LogP contribution in [0.3, 0.4) is 0 Å². The summed E-state index contributed by atoms with van der Waals surface area (Å²) in [6.45, 7) is 2.84. The Balaban J connectivity index is 1.62. The van der Waals surface area contributed by atoms with Gasteiger partial charge in [-0.05, 0) is 30.7 Å². The van der Waals surface area contributed by atoms with Gasteiger partial charge in [0.25, 0.3) is 0 Å². The first kappa shape index (κ1) is 18.5. The highest BCUT2D eigenvalue weighted by Gasteiger charge is 2.16. The van der Waals surface area contributed by atoms with Crippen molar-refractivity contribution in [2.24, 2.45) is 0 Å². The number of amides is 2. The van der Waals surface area contributed by atoms with Crippen LogP contribution in [0.4, 0.5) is 13.6 Å². The minimum atomic E-state index is -0.659. The summed E-state index contributed by atoms with van der Waals surface area (Å²) in [5.41, 5.74) is 0.909. The summed E-state index contributed by atoms with van der Waals surface area (Å²) in [6, 6.07) is 12.3. The second-order valence-corrected chi connectivity index (χ2v) is 5.79. The lowest BCUT2D eigenvalue weighted by atomic mass is 10.2. The van der Waals surface area contributed by atoms with Gasteiger partial charge in [-0.25, -0.2) is 13.6 Å². The van der Waals surface area contributed by atoms with E-state index in [1.807, 2.05) is 37.3 Å². The van der Waals surface area contributed by atoms with E-state index in [1.54, 1.807) is 4.90 Å². The van der Waals surface area contributed by atoms with Crippen LogP contribution < -0.4 is 5.32 Å². The van der Waals surface area contributed by atoms with E-state index in [4.69, 9.17) is 4.52 Å². The van der Waals surface area contributed by atoms with Crippen molar-refractivity contribution in [1.82, 2.24) is 20.4 Å². The zero-order valence-corrected chi connectivity index (χ0v) is 14.7. The van der Waals surface area contributed by atoms with Gasteiger partial charge in [-0.1, -0.05) is 35.5 Å². The van der Waals surface area contributed by atoms with Crippen LogP contribution in [0.25, 0.3) is 11.4 Å². The van der Waals surface area contributed by atoms with E-state index in [0.29, 0.717) is 13.1 Å². The van der Waals surface area contributed by atoms with E-state index >= 15 is 0 Å². The molecule has 0 unspecified atom stereocenters. The van der Waals surface area contributed by atoms with Gasteiger partial charge >= 0.3 is 6.03 Å². The molecular formula is C19H18F2N4O2. The number of nitrogens with zero attached hydrogens (tertiary/aromatic N) is 3. The highest BCUT2D eigenvalue weighted by atomic mass is 19.1. The number of urea groups is 1. The van der Waals surface area contributed by atoms with Crippen LogP contribution in [-0.2, 0) is 13.1 Å². The molecule has 3 rings (SSSR count). The zero-order valence-electron chi connectivity index (χ0n) is 14.7. The molecule has 1 heterocycles. The third kappa shape index (κ3) is 4.66. The maximum atomic E-state index is 13.8. The lowest BCUT2D eigenvalue weighted by Crippen LogP contribution is -2.39. The number of hydrogen-bond donors (Lipinski definition) is 1. The predicted molar refractivity (Wildman–Crippen MR) is 94.4 cm³/mol. The molecule has 1 N–H and O–H groups in total. The van der Waals surface area contributed by atoms with Gasteiger partial charge in [0.05, 0.1) is 12.1 Å². The van der Waals surface area contributed by atoms with E-state index in [9.17, 15) is 13.6 Å². The molecule has 1 aromatic heterocycles. The minimum absolute atomic E-state index is 0.0198. The molecule has 8 heteroatoms. The molecule has 0 radical (unpaired) electrons. The maximum absolute atomic E-state index is 13.8. The van der Waals surface area contributed by atoms with Gasteiger partial charge in [0.2, 0.25) is 11.7 Å². The molecule has 0 spiro atoms. The number of benzene rings is 2. The second-order valence-electron chi connectivity index (χ2n) is 5.79. The first-order chi connectivity index (χ1) is 13.1. The normalized spacial score (nSPS) is 10.6. The number of hydrogen-bond acceptors (Lipinski definition) is 4. The number of nitrogens with one attached hydrogen (secondary N) is 1. The predicted octanol–water partition coefficient (Wildman–Crippen LogP) is 3.75. The fraction of sp³-hybridized carbons (Fsp3) is 0.211. The summed E-state index contributed by atoms with van der Waals surface area (Å²) < 4.78 is 32.1. The van der Waals surface area contributed by atoms with Crippen molar-refractivity contribution in [3.8, 4) is 11.4 Å². The van der Waals surface area contributed by atoms with Crippen molar-refractivity contribution in [2.45, 2.75) is 20.0 Å². The number of carbonyl (C=O) groups excluding carboxylic acids is 1. The van der Waals surface area contributed by atoms with Crippen LogP contribution in [0.5, 0.6) is 0 Å². The number of carbonyl (C=O) groups is 1. The van der Waals surface area contributed by atoms with Crippen LogP contribution in [0.2, 0.25) is 0 Å². The SMILES string of the molecule is CCN(Cc1ccccc1)C(=O)NCc1nc(-c2cc(F)ccc2F)no1. The Morgan fingerprint density at radius 1 is 1.19 bits per heavy atom. The average molecular weight is 372 g/mol. The van der Waals surface area contributed by atoms with E-state index < -0.39 is 11.6 Å². The standard InChI is InChI=1S/C19H18F2N4O2/c1-2-25(12-13-6-4-3-5-7-13)19(26)22-11-17-23-18(24-27-17)15-10-14(20)8-9-16(15)21/h3-10H,2,11-12H2,1H3,(H,22,26). The smallest absolute Gasteiger partial charge is 0.318 e. The molecule has 3 aromatic rings. The molecule has 0 saturated heterocycles. The Labute approximate surface area is 154 Å². The van der Waals surface area contributed by atoms with Crippen molar-refractivity contribution in [3.63, 3.8) is 0 Å². The molecular weight excluding hydrogens is 354 g/mol. The van der Waals surface area contributed by atoms with E-state index in [0.717, 1.165) is 23.8 Å². The molecule has 0 aliphatic carbocycles. The Kier molecular flexibility index (Phi) is 5.75. The van der Waals surface area contributed by atoms with Gasteiger partial charge < -0.3 is 14.7 Å². The summed E-state index contributed by atoms with van der Waals surface area (Å²) in [7, 11) is 0. The number of aromatic nitrogens is 2. The summed E-state index contributed by atoms with van der Waals surface area (Å²) in [6.07, 6.45) is 0. The Morgan fingerprint density at radius 2 is 1.96 bits per heavy atom. The fourth-order valence-electron chi connectivity index (χ4n) is 2.50. The zero-order chi connectivity index (χ0) is 19.2. The summed E-state index contributed by atoms with van der Waals surface area (Å²) in [5, 5.41) is 6.33. The molecule has 0 aliphatic rings. The first-order valence-electron chi connectivity index (χ1n) is 8.41. The monoisotopic (exact) mass is 372 g/mol. The molecule has 0 fully saturated rings. The first-order valence-corrected chi connectivity index (χ1v) is 8.41. The largest absolute Gasteiger partial charge is 0.337 e. The third-order valence-electron chi connectivity index (χ3n) is 3.91. The van der Waals surface area contributed by atoms with Gasteiger partial charge in [0, 0.05) is 13.1 Å². The lowest BCUT2D eigenvalue weighted by Gasteiger charge is -2.21. The van der Waals surface area contributed by atoms with Gasteiger partial charge in [-0.2, -0.15) is 4.98 Å². The van der Waals surface area contributed by atoms with Gasteiger partial charge in [-0.15, -0.1) is 0 Å². The molecule has 6 nitrogen and oxygen atoms in total. The highest BCUT2D eigenvalue weighted by Crippen LogP contribution is 2.20. The summed E-state index contributed by atoms with van der Waals surface area (Å²) >= 11 is 0. The third-order valence-corrected chi connectivity index (χ3v) is 3.91. The van der Waals surface area contributed by atoms with Crippen LogP contribution in [0.15, 0.2) is 53.1 Å². The van der Waals surface area contributed by atoms with Crippen molar-refractivity contribution < 1.29 is 18.1 Å².